The first-order valence-electron chi connectivity index (χ1n) is 10.3. The first-order valence-corrected chi connectivity index (χ1v) is 10.3. The van der Waals surface area contributed by atoms with Crippen LogP contribution < -0.4 is 26.0 Å². The van der Waals surface area contributed by atoms with Crippen LogP contribution in [0.4, 0.5) is 0 Å². The van der Waals surface area contributed by atoms with Gasteiger partial charge in [-0.3, -0.25) is 19.1 Å². The number of aromatic amines is 1. The van der Waals surface area contributed by atoms with E-state index >= 15 is 0 Å². The van der Waals surface area contributed by atoms with Crippen LogP contribution in [0.1, 0.15) is 18.7 Å². The van der Waals surface area contributed by atoms with Crippen molar-refractivity contribution in [3.63, 3.8) is 0 Å². The average molecular weight is 445 g/mol. The lowest BCUT2D eigenvalue weighted by atomic mass is 10.0. The Kier molecular flexibility index (Phi) is 5.99. The lowest BCUT2D eigenvalue weighted by Gasteiger charge is -2.23. The molecule has 0 aliphatic heterocycles. The van der Waals surface area contributed by atoms with Crippen molar-refractivity contribution < 1.29 is 14.3 Å². The maximum absolute atomic E-state index is 12.9. The van der Waals surface area contributed by atoms with E-state index in [1.165, 1.54) is 11.5 Å². The molecule has 1 unspecified atom stereocenters. The van der Waals surface area contributed by atoms with Crippen LogP contribution in [0.15, 0.2) is 76.3 Å². The number of H-pyrrole nitrogens is 1. The van der Waals surface area contributed by atoms with Gasteiger partial charge in [-0.05, 0) is 47.0 Å². The van der Waals surface area contributed by atoms with Gasteiger partial charge in [0.05, 0.1) is 25.1 Å². The smallest absolute Gasteiger partial charge is 0.330 e. The number of nitrogens with zero attached hydrogens (tertiary/aromatic N) is 1. The summed E-state index contributed by atoms with van der Waals surface area (Å²) in [6.45, 7) is 1.38. The number of carbonyl (C=O) groups excluding carboxylic acids is 1. The second kappa shape index (κ2) is 9.04. The highest BCUT2D eigenvalue weighted by Crippen LogP contribution is 2.33. The van der Waals surface area contributed by atoms with Gasteiger partial charge in [0.2, 0.25) is 5.91 Å². The maximum Gasteiger partial charge on any atom is 0.330 e. The highest BCUT2D eigenvalue weighted by molar-refractivity contribution is 5.79. The number of methoxy groups -OCH3 is 2. The van der Waals surface area contributed by atoms with Crippen molar-refractivity contribution in [3.05, 3.63) is 93.1 Å². The van der Waals surface area contributed by atoms with Crippen molar-refractivity contribution in [3.8, 4) is 22.6 Å². The molecule has 0 fully saturated rings. The number of nitrogens with one attached hydrogen (secondary N) is 2. The minimum Gasteiger partial charge on any atom is -0.493 e. The van der Waals surface area contributed by atoms with Gasteiger partial charge in [0, 0.05) is 6.92 Å². The molecule has 3 aromatic carbocycles. The summed E-state index contributed by atoms with van der Waals surface area (Å²) in [4.78, 5) is 39.6. The number of ether oxygens (including phenoxy) is 2. The molecule has 4 aromatic rings. The van der Waals surface area contributed by atoms with Gasteiger partial charge >= 0.3 is 5.69 Å². The van der Waals surface area contributed by atoms with Crippen LogP contribution in [0.3, 0.4) is 0 Å². The third kappa shape index (κ3) is 4.23. The molecule has 0 saturated carbocycles. The molecule has 4 rings (SSSR count). The van der Waals surface area contributed by atoms with Crippen molar-refractivity contribution in [2.45, 2.75) is 13.1 Å². The molecule has 8 heteroatoms. The molecular weight excluding hydrogens is 422 g/mol. The summed E-state index contributed by atoms with van der Waals surface area (Å²) in [5, 5.41) is 3.19. The number of aromatic nitrogens is 2. The molecule has 0 spiro atoms. The van der Waals surface area contributed by atoms with Crippen LogP contribution in [0.2, 0.25) is 0 Å². The van der Waals surface area contributed by atoms with Crippen LogP contribution in [0.5, 0.6) is 11.5 Å². The van der Waals surface area contributed by atoms with E-state index in [1.54, 1.807) is 38.5 Å². The summed E-state index contributed by atoms with van der Waals surface area (Å²) in [5.41, 5.74) is 1.71. The van der Waals surface area contributed by atoms with Gasteiger partial charge in [0.1, 0.15) is 6.17 Å². The van der Waals surface area contributed by atoms with Gasteiger partial charge in [0.25, 0.3) is 5.56 Å². The fourth-order valence-corrected chi connectivity index (χ4v) is 3.86. The second-order valence-electron chi connectivity index (χ2n) is 7.44. The fraction of sp³-hybridized carbons (Fsp3) is 0.160. The number of rotatable bonds is 6. The monoisotopic (exact) mass is 445 g/mol. The number of carbonyl (C=O) groups is 1. The van der Waals surface area contributed by atoms with E-state index in [-0.39, 0.29) is 5.91 Å². The van der Waals surface area contributed by atoms with E-state index < -0.39 is 17.4 Å². The normalized spacial score (nSPS) is 11.7. The third-order valence-electron chi connectivity index (χ3n) is 5.36. The summed E-state index contributed by atoms with van der Waals surface area (Å²) in [6.07, 6.45) is -0.836. The van der Waals surface area contributed by atoms with E-state index in [2.05, 4.69) is 10.3 Å². The zero-order chi connectivity index (χ0) is 23.5. The summed E-state index contributed by atoms with van der Waals surface area (Å²) in [6, 6.07) is 19.8. The molecule has 1 heterocycles. The molecule has 8 nitrogen and oxygen atoms in total. The van der Waals surface area contributed by atoms with E-state index in [4.69, 9.17) is 9.47 Å². The molecule has 2 N–H and O–H groups in total. The number of hydrogen-bond acceptors (Lipinski definition) is 5. The highest BCUT2D eigenvalue weighted by atomic mass is 16.5. The zero-order valence-electron chi connectivity index (χ0n) is 18.4. The van der Waals surface area contributed by atoms with Crippen molar-refractivity contribution in [2.24, 2.45) is 0 Å². The Morgan fingerprint density at radius 2 is 1.64 bits per heavy atom. The van der Waals surface area contributed by atoms with Crippen molar-refractivity contribution in [2.75, 3.05) is 14.2 Å². The quantitative estimate of drug-likeness (QED) is 0.475. The maximum atomic E-state index is 12.9. The topological polar surface area (TPSA) is 102 Å². The van der Waals surface area contributed by atoms with Gasteiger partial charge < -0.3 is 14.8 Å². The predicted octanol–water partition coefficient (Wildman–Crippen LogP) is 3.06. The van der Waals surface area contributed by atoms with Gasteiger partial charge in [-0.25, -0.2) is 4.79 Å². The fourth-order valence-electron chi connectivity index (χ4n) is 3.86. The SMILES string of the molecule is COc1ccc(-c2cccc(C(NC(C)=O)n3c(=O)[nH]c(=O)c4ccccc43)c2)cc1OC. The van der Waals surface area contributed by atoms with E-state index in [1.807, 2.05) is 42.5 Å². The van der Waals surface area contributed by atoms with Crippen LogP contribution in [-0.2, 0) is 4.79 Å². The number of hydrogen-bond donors (Lipinski definition) is 2. The number of benzene rings is 3. The second-order valence-corrected chi connectivity index (χ2v) is 7.44. The summed E-state index contributed by atoms with van der Waals surface area (Å²) >= 11 is 0. The van der Waals surface area contributed by atoms with Crippen LogP contribution in [0.25, 0.3) is 22.0 Å². The average Bonchev–Trinajstić information content (AvgIpc) is 2.82. The molecular formula is C25H23N3O5. The third-order valence-corrected chi connectivity index (χ3v) is 5.36. The molecule has 168 valence electrons. The number of fused-ring (bicyclic) bond motifs is 1. The molecule has 0 saturated heterocycles. The van der Waals surface area contributed by atoms with Crippen molar-refractivity contribution >= 4 is 16.8 Å². The number of amides is 1. The molecule has 0 bridgehead atoms. The van der Waals surface area contributed by atoms with Crippen LogP contribution in [-0.4, -0.2) is 29.7 Å². The van der Waals surface area contributed by atoms with Gasteiger partial charge in [-0.1, -0.05) is 36.4 Å². The Balaban J connectivity index is 1.90. The molecule has 33 heavy (non-hydrogen) atoms. The minimum atomic E-state index is -0.836. The Bertz CT molecular complexity index is 1450. The first kappa shape index (κ1) is 21.9. The van der Waals surface area contributed by atoms with Crippen LogP contribution >= 0.6 is 0 Å². The highest BCUT2D eigenvalue weighted by Gasteiger charge is 2.20. The standard InChI is InChI=1S/C25H23N3O5/c1-15(29)26-23(28-20-10-5-4-9-19(20)24(30)27-25(28)31)18-8-6-7-16(13-18)17-11-12-21(32-2)22(14-17)33-3/h4-14,23H,1-3H3,(H,26,29)(H,27,30,31). The zero-order valence-corrected chi connectivity index (χ0v) is 18.4. The molecule has 0 aliphatic rings. The van der Waals surface area contributed by atoms with Crippen molar-refractivity contribution in [1.29, 1.82) is 0 Å². The largest absolute Gasteiger partial charge is 0.493 e. The lowest BCUT2D eigenvalue weighted by molar-refractivity contribution is -0.119. The summed E-state index contributed by atoms with van der Waals surface area (Å²) in [5.74, 6) is 0.875. The Labute approximate surface area is 189 Å². The summed E-state index contributed by atoms with van der Waals surface area (Å²) in [7, 11) is 3.14. The lowest BCUT2D eigenvalue weighted by Crippen LogP contribution is -2.40. The van der Waals surface area contributed by atoms with Gasteiger partial charge in [-0.15, -0.1) is 0 Å². The number of para-hydroxylation sites is 1. The molecule has 1 aromatic heterocycles. The summed E-state index contributed by atoms with van der Waals surface area (Å²) < 4.78 is 12.1. The van der Waals surface area contributed by atoms with Gasteiger partial charge in [0.15, 0.2) is 11.5 Å². The Hall–Kier alpha value is -4.33. The minimum absolute atomic E-state index is 0.321. The molecule has 1 atom stereocenters. The van der Waals surface area contributed by atoms with Crippen LogP contribution in [0, 0.1) is 0 Å². The van der Waals surface area contributed by atoms with E-state index in [0.29, 0.717) is 28.0 Å². The molecule has 0 aliphatic carbocycles. The molecule has 1 amide bonds. The first-order chi connectivity index (χ1) is 15.9. The van der Waals surface area contributed by atoms with E-state index in [0.717, 1.165) is 11.1 Å². The molecule has 0 radical (unpaired) electrons. The predicted molar refractivity (Wildman–Crippen MR) is 126 cm³/mol. The Morgan fingerprint density at radius 1 is 0.909 bits per heavy atom. The van der Waals surface area contributed by atoms with Gasteiger partial charge in [-0.2, -0.15) is 0 Å². The Morgan fingerprint density at radius 3 is 2.36 bits per heavy atom. The van der Waals surface area contributed by atoms with Crippen molar-refractivity contribution in [1.82, 2.24) is 14.9 Å². The van der Waals surface area contributed by atoms with E-state index in [9.17, 15) is 14.4 Å².